The molecule has 10 nitrogen and oxygen atoms in total. The zero-order chi connectivity index (χ0) is 24.3. The number of aromatic nitrogens is 1. The fourth-order valence-electron chi connectivity index (χ4n) is 3.09. The number of esters is 1. The standard InChI is InChI=1S/C22H17BrN2O8/c1-2-32-22(31)10-3-5-11(6-4-10)33-12-7-8-13(14(23)9-12)15-16(20(27)28)18(24)25-19(26)17(15)21(29)30/h3-9H,2H2,1H3,(H,27,28)(H,29,30)(H3,24,25,26). The van der Waals surface area contributed by atoms with Crippen molar-refractivity contribution >= 4 is 39.7 Å². The molecule has 33 heavy (non-hydrogen) atoms. The lowest BCUT2D eigenvalue weighted by Gasteiger charge is -2.14. The lowest BCUT2D eigenvalue weighted by atomic mass is 9.95. The third-order valence-electron chi connectivity index (χ3n) is 4.48. The average Bonchev–Trinajstić information content (AvgIpc) is 2.73. The maximum Gasteiger partial charge on any atom is 0.342 e. The summed E-state index contributed by atoms with van der Waals surface area (Å²) in [5, 5.41) is 19.1. The Labute approximate surface area is 194 Å². The number of carboxylic acids is 2. The largest absolute Gasteiger partial charge is 0.478 e. The number of nitrogens with two attached hydrogens (primary N) is 1. The highest BCUT2D eigenvalue weighted by atomic mass is 79.9. The van der Waals surface area contributed by atoms with Gasteiger partial charge < -0.3 is 30.4 Å². The van der Waals surface area contributed by atoms with Gasteiger partial charge in [-0.15, -0.1) is 0 Å². The molecule has 0 fully saturated rings. The van der Waals surface area contributed by atoms with E-state index in [0.717, 1.165) is 0 Å². The Kier molecular flexibility index (Phi) is 6.83. The number of carboxylic acid groups (broad SMARTS) is 2. The molecule has 0 unspecified atom stereocenters. The number of hydrogen-bond acceptors (Lipinski definition) is 7. The number of rotatable bonds is 7. The van der Waals surface area contributed by atoms with Crippen LogP contribution in [-0.2, 0) is 4.74 Å². The summed E-state index contributed by atoms with van der Waals surface area (Å²) in [6, 6.07) is 10.5. The molecule has 0 saturated heterocycles. The van der Waals surface area contributed by atoms with Gasteiger partial charge in [-0.3, -0.25) is 4.79 Å². The summed E-state index contributed by atoms with van der Waals surface area (Å²) in [7, 11) is 0. The van der Waals surface area contributed by atoms with Gasteiger partial charge in [0.25, 0.3) is 5.56 Å². The SMILES string of the molecule is CCOC(=O)c1ccc(Oc2ccc(-c3c(C(=O)O)c(N)[nH]c(=O)c3C(=O)O)c(Br)c2)cc1. The van der Waals surface area contributed by atoms with Gasteiger partial charge in [0.1, 0.15) is 28.4 Å². The monoisotopic (exact) mass is 516 g/mol. The minimum absolute atomic E-state index is 0.118. The predicted molar refractivity (Wildman–Crippen MR) is 121 cm³/mol. The predicted octanol–water partition coefficient (Wildman–Crippen LogP) is 3.75. The number of H-pyrrole nitrogens is 1. The minimum Gasteiger partial charge on any atom is -0.478 e. The van der Waals surface area contributed by atoms with Crippen LogP contribution in [-0.4, -0.2) is 39.7 Å². The van der Waals surface area contributed by atoms with E-state index < -0.39 is 40.4 Å². The number of aromatic amines is 1. The fraction of sp³-hybridized carbons (Fsp3) is 0.0909. The number of nitrogen functional groups attached to an aromatic ring is 1. The second kappa shape index (κ2) is 9.57. The molecule has 0 aliphatic carbocycles. The normalized spacial score (nSPS) is 10.5. The molecular formula is C22H17BrN2O8. The van der Waals surface area contributed by atoms with Crippen molar-refractivity contribution in [1.29, 1.82) is 0 Å². The van der Waals surface area contributed by atoms with Gasteiger partial charge in [-0.2, -0.15) is 0 Å². The van der Waals surface area contributed by atoms with E-state index in [2.05, 4.69) is 20.9 Å². The van der Waals surface area contributed by atoms with Crippen LogP contribution in [0.25, 0.3) is 11.1 Å². The smallest absolute Gasteiger partial charge is 0.342 e. The Bertz CT molecular complexity index is 1320. The van der Waals surface area contributed by atoms with Crippen LogP contribution in [0.3, 0.4) is 0 Å². The van der Waals surface area contributed by atoms with Crippen molar-refractivity contribution in [2.24, 2.45) is 0 Å². The molecule has 0 aliphatic rings. The van der Waals surface area contributed by atoms with Crippen LogP contribution in [0.5, 0.6) is 11.5 Å². The number of carbonyl (C=O) groups excluding carboxylic acids is 1. The van der Waals surface area contributed by atoms with Crippen molar-refractivity contribution in [2.75, 3.05) is 12.3 Å². The summed E-state index contributed by atoms with van der Waals surface area (Å²) in [6.45, 7) is 1.96. The van der Waals surface area contributed by atoms with Crippen molar-refractivity contribution in [2.45, 2.75) is 6.92 Å². The number of nitrogens with one attached hydrogen (secondary N) is 1. The molecule has 0 atom stereocenters. The molecule has 5 N–H and O–H groups in total. The highest BCUT2D eigenvalue weighted by Gasteiger charge is 2.27. The number of halogens is 1. The van der Waals surface area contributed by atoms with E-state index in [1.807, 2.05) is 0 Å². The van der Waals surface area contributed by atoms with E-state index in [4.69, 9.17) is 15.2 Å². The summed E-state index contributed by atoms with van der Waals surface area (Å²) >= 11 is 3.28. The molecule has 11 heteroatoms. The summed E-state index contributed by atoms with van der Waals surface area (Å²) in [5.74, 6) is -3.32. The number of benzene rings is 2. The van der Waals surface area contributed by atoms with Gasteiger partial charge in [0, 0.05) is 10.0 Å². The number of anilines is 1. The van der Waals surface area contributed by atoms with Crippen LogP contribution in [0, 0.1) is 0 Å². The van der Waals surface area contributed by atoms with E-state index >= 15 is 0 Å². The maximum atomic E-state index is 12.2. The van der Waals surface area contributed by atoms with Crippen LogP contribution in [0.4, 0.5) is 5.82 Å². The molecule has 1 aromatic heterocycles. The van der Waals surface area contributed by atoms with Gasteiger partial charge in [0.15, 0.2) is 0 Å². The first-order valence-corrected chi connectivity index (χ1v) is 10.2. The van der Waals surface area contributed by atoms with Gasteiger partial charge in [-0.05, 0) is 55.0 Å². The third-order valence-corrected chi connectivity index (χ3v) is 5.14. The van der Waals surface area contributed by atoms with E-state index in [0.29, 0.717) is 17.1 Å². The molecule has 0 bridgehead atoms. The molecule has 1 heterocycles. The van der Waals surface area contributed by atoms with Crippen molar-refractivity contribution in [1.82, 2.24) is 4.98 Å². The quantitative estimate of drug-likeness (QED) is 0.341. The zero-order valence-corrected chi connectivity index (χ0v) is 18.6. The molecular weight excluding hydrogens is 500 g/mol. The Morgan fingerprint density at radius 2 is 1.61 bits per heavy atom. The van der Waals surface area contributed by atoms with Gasteiger partial charge >= 0.3 is 17.9 Å². The molecule has 2 aromatic carbocycles. The second-order valence-electron chi connectivity index (χ2n) is 6.59. The van der Waals surface area contributed by atoms with Crippen LogP contribution in [0.15, 0.2) is 51.7 Å². The lowest BCUT2D eigenvalue weighted by molar-refractivity contribution is 0.0525. The number of hydrogen-bond donors (Lipinski definition) is 4. The first-order chi connectivity index (χ1) is 15.6. The lowest BCUT2D eigenvalue weighted by Crippen LogP contribution is -2.24. The first kappa shape index (κ1) is 23.5. The molecule has 0 saturated carbocycles. The molecule has 170 valence electrons. The van der Waals surface area contributed by atoms with Gasteiger partial charge in [-0.1, -0.05) is 15.9 Å². The molecule has 0 radical (unpaired) electrons. The Morgan fingerprint density at radius 3 is 2.15 bits per heavy atom. The summed E-state index contributed by atoms with van der Waals surface area (Å²) < 4.78 is 10.9. The van der Waals surface area contributed by atoms with Crippen molar-refractivity contribution in [3.05, 3.63) is 74.0 Å². The van der Waals surface area contributed by atoms with Gasteiger partial charge in [0.05, 0.1) is 12.2 Å². The fourth-order valence-corrected chi connectivity index (χ4v) is 3.64. The van der Waals surface area contributed by atoms with Gasteiger partial charge in [0.2, 0.25) is 0 Å². The molecule has 0 amide bonds. The molecule has 3 rings (SSSR count). The van der Waals surface area contributed by atoms with Gasteiger partial charge in [-0.25, -0.2) is 14.4 Å². The van der Waals surface area contributed by atoms with Crippen molar-refractivity contribution in [3.63, 3.8) is 0 Å². The average molecular weight is 517 g/mol. The first-order valence-electron chi connectivity index (χ1n) is 9.41. The minimum atomic E-state index is -1.61. The van der Waals surface area contributed by atoms with Crippen molar-refractivity contribution in [3.8, 4) is 22.6 Å². The van der Waals surface area contributed by atoms with Crippen LogP contribution in [0.1, 0.15) is 38.0 Å². The molecule has 3 aromatic rings. The topological polar surface area (TPSA) is 169 Å². The number of aromatic carboxylic acids is 2. The highest BCUT2D eigenvalue weighted by molar-refractivity contribution is 9.10. The zero-order valence-electron chi connectivity index (χ0n) is 17.0. The summed E-state index contributed by atoms with van der Waals surface area (Å²) in [5.41, 5.74) is 3.46. The second-order valence-corrected chi connectivity index (χ2v) is 7.45. The highest BCUT2D eigenvalue weighted by Crippen LogP contribution is 2.37. The number of pyridine rings is 1. The Morgan fingerprint density at radius 1 is 1.00 bits per heavy atom. The number of carbonyl (C=O) groups is 3. The van der Waals surface area contributed by atoms with E-state index in [1.54, 1.807) is 19.1 Å². The van der Waals surface area contributed by atoms with Crippen LogP contribution in [0.2, 0.25) is 0 Å². The number of ether oxygens (including phenoxy) is 2. The van der Waals surface area contributed by atoms with E-state index in [9.17, 15) is 29.4 Å². The van der Waals surface area contributed by atoms with E-state index in [1.165, 1.54) is 30.3 Å². The molecule has 0 aliphatic heterocycles. The third kappa shape index (κ3) is 4.88. The Balaban J connectivity index is 2.01. The van der Waals surface area contributed by atoms with Crippen LogP contribution < -0.4 is 16.0 Å². The summed E-state index contributed by atoms with van der Waals surface area (Å²) in [6.07, 6.45) is 0. The summed E-state index contributed by atoms with van der Waals surface area (Å²) in [4.78, 5) is 49.5. The van der Waals surface area contributed by atoms with Crippen molar-refractivity contribution < 1.29 is 34.1 Å². The molecule has 0 spiro atoms. The maximum absolute atomic E-state index is 12.2. The van der Waals surface area contributed by atoms with Crippen LogP contribution >= 0.6 is 15.9 Å². The van der Waals surface area contributed by atoms with E-state index in [-0.39, 0.29) is 22.2 Å². The Hall–Kier alpha value is -4.12.